The lowest BCUT2D eigenvalue weighted by atomic mass is 10.0. The molecule has 3 aromatic carbocycles. The molecule has 1 aliphatic heterocycles. The van der Waals surface area contributed by atoms with Crippen LogP contribution in [0.1, 0.15) is 22.5 Å². The molecule has 1 aliphatic rings. The third-order valence-corrected chi connectivity index (χ3v) is 6.76. The maximum Gasteiger partial charge on any atom is 0.293 e. The van der Waals surface area contributed by atoms with Gasteiger partial charge in [0.15, 0.2) is 0 Å². The number of benzene rings is 3. The van der Waals surface area contributed by atoms with Gasteiger partial charge in [-0.05, 0) is 71.8 Å². The third kappa shape index (κ3) is 3.55. The van der Waals surface area contributed by atoms with Crippen LogP contribution in [0.4, 0.5) is 4.79 Å². The molecule has 0 atom stereocenters. The first-order valence-electron chi connectivity index (χ1n) is 10.5. The molecule has 0 saturated carbocycles. The highest BCUT2D eigenvalue weighted by Gasteiger charge is 2.35. The van der Waals surface area contributed by atoms with Gasteiger partial charge in [0, 0.05) is 17.1 Å². The Morgan fingerprint density at radius 1 is 0.875 bits per heavy atom. The van der Waals surface area contributed by atoms with E-state index in [4.69, 9.17) is 0 Å². The van der Waals surface area contributed by atoms with Crippen molar-refractivity contribution in [1.82, 2.24) is 9.47 Å². The highest BCUT2D eigenvalue weighted by molar-refractivity contribution is 8.18. The van der Waals surface area contributed by atoms with Gasteiger partial charge in [0.2, 0.25) is 0 Å². The Labute approximate surface area is 191 Å². The lowest BCUT2D eigenvalue weighted by Crippen LogP contribution is -2.27. The lowest BCUT2D eigenvalue weighted by Gasteiger charge is -2.14. The van der Waals surface area contributed by atoms with Crippen molar-refractivity contribution in [3.63, 3.8) is 0 Å². The second-order valence-electron chi connectivity index (χ2n) is 7.90. The van der Waals surface area contributed by atoms with Crippen molar-refractivity contribution in [2.24, 2.45) is 0 Å². The Morgan fingerprint density at radius 2 is 1.59 bits per heavy atom. The average molecular weight is 439 g/mol. The van der Waals surface area contributed by atoms with E-state index in [-0.39, 0.29) is 17.7 Å². The van der Waals surface area contributed by atoms with E-state index in [1.54, 1.807) is 0 Å². The number of rotatable bonds is 4. The van der Waals surface area contributed by atoms with E-state index >= 15 is 0 Å². The van der Waals surface area contributed by atoms with Crippen molar-refractivity contribution in [1.29, 1.82) is 0 Å². The molecule has 2 amide bonds. The van der Waals surface area contributed by atoms with Crippen molar-refractivity contribution in [3.05, 3.63) is 106 Å². The summed E-state index contributed by atoms with van der Waals surface area (Å²) in [5, 5.41) is 1.93. The van der Waals surface area contributed by atoms with E-state index in [1.165, 1.54) is 4.90 Å². The molecule has 5 heteroatoms. The Hall–Kier alpha value is -3.57. The zero-order valence-electron chi connectivity index (χ0n) is 17.9. The summed E-state index contributed by atoms with van der Waals surface area (Å²) in [5.41, 5.74) is 5.10. The van der Waals surface area contributed by atoms with Crippen LogP contribution in [0.5, 0.6) is 0 Å². The van der Waals surface area contributed by atoms with Gasteiger partial charge >= 0.3 is 0 Å². The highest BCUT2D eigenvalue weighted by atomic mass is 32.2. The topological polar surface area (TPSA) is 42.3 Å². The normalized spacial score (nSPS) is 15.3. The Bertz CT molecular complexity index is 1380. The summed E-state index contributed by atoms with van der Waals surface area (Å²) in [6.45, 7) is 4.35. The number of fused-ring (bicyclic) bond motifs is 1. The zero-order chi connectivity index (χ0) is 22.2. The van der Waals surface area contributed by atoms with Crippen LogP contribution < -0.4 is 0 Å². The molecule has 0 unspecified atom stereocenters. The largest absolute Gasteiger partial charge is 0.318 e. The van der Waals surface area contributed by atoms with E-state index in [0.29, 0.717) is 4.91 Å². The van der Waals surface area contributed by atoms with Gasteiger partial charge in [-0.15, -0.1) is 0 Å². The van der Waals surface area contributed by atoms with Crippen LogP contribution in [-0.4, -0.2) is 20.6 Å². The number of carbonyl (C=O) groups is 2. The van der Waals surface area contributed by atoms with Crippen LogP contribution in [0.25, 0.3) is 22.5 Å². The molecule has 0 aliphatic carbocycles. The number of hydrogen-bond donors (Lipinski definition) is 0. The summed E-state index contributed by atoms with van der Waals surface area (Å²) in [4.78, 5) is 27.7. The van der Waals surface area contributed by atoms with Crippen LogP contribution in [0.15, 0.2) is 83.8 Å². The number of thioether (sulfide) groups is 1. The number of aryl methyl sites for hydroxylation is 1. The van der Waals surface area contributed by atoms with E-state index in [2.05, 4.69) is 22.8 Å². The third-order valence-electron chi connectivity index (χ3n) is 5.85. The number of imide groups is 1. The first kappa shape index (κ1) is 20.3. The fourth-order valence-electron chi connectivity index (χ4n) is 4.29. The minimum atomic E-state index is -0.238. The Kier molecular flexibility index (Phi) is 5.19. The van der Waals surface area contributed by atoms with Gasteiger partial charge in [0.1, 0.15) is 0 Å². The van der Waals surface area contributed by atoms with Crippen LogP contribution in [0, 0.1) is 13.8 Å². The molecule has 0 radical (unpaired) electrons. The summed E-state index contributed by atoms with van der Waals surface area (Å²) in [6.07, 6.45) is 1.84. The quantitative estimate of drug-likeness (QED) is 0.342. The highest BCUT2D eigenvalue weighted by Crippen LogP contribution is 2.35. The number of nitrogens with zero attached hydrogens (tertiary/aromatic N) is 2. The van der Waals surface area contributed by atoms with Gasteiger partial charge in [-0.1, -0.05) is 60.7 Å². The Balaban J connectivity index is 1.46. The van der Waals surface area contributed by atoms with Crippen molar-refractivity contribution < 1.29 is 9.59 Å². The van der Waals surface area contributed by atoms with Gasteiger partial charge < -0.3 is 4.57 Å². The number of amides is 2. The molecule has 4 nitrogen and oxygen atoms in total. The van der Waals surface area contributed by atoms with Crippen LogP contribution in [-0.2, 0) is 11.3 Å². The molecule has 1 saturated heterocycles. The number of carbonyl (C=O) groups excluding carboxylic acids is 2. The van der Waals surface area contributed by atoms with Gasteiger partial charge in [0.25, 0.3) is 11.1 Å². The summed E-state index contributed by atoms with van der Waals surface area (Å²) in [5.74, 6) is -0.238. The van der Waals surface area contributed by atoms with E-state index in [9.17, 15) is 9.59 Å². The maximum atomic E-state index is 13.1. The molecule has 2 heterocycles. The van der Waals surface area contributed by atoms with Gasteiger partial charge in [-0.2, -0.15) is 0 Å². The molecule has 1 fully saturated rings. The van der Waals surface area contributed by atoms with Crippen molar-refractivity contribution in [2.45, 2.75) is 20.4 Å². The first-order valence-corrected chi connectivity index (χ1v) is 11.3. The number of aromatic nitrogens is 1. The molecule has 158 valence electrons. The molecule has 32 heavy (non-hydrogen) atoms. The molecule has 1 aromatic heterocycles. The second-order valence-corrected chi connectivity index (χ2v) is 8.90. The van der Waals surface area contributed by atoms with E-state index in [1.807, 2.05) is 80.6 Å². The maximum absolute atomic E-state index is 13.1. The summed E-state index contributed by atoms with van der Waals surface area (Å²) in [6, 6.07) is 26.2. The molecule has 0 bridgehead atoms. The van der Waals surface area contributed by atoms with E-state index in [0.717, 1.165) is 50.7 Å². The number of para-hydroxylation sites is 1. The minimum absolute atomic E-state index is 0.231. The van der Waals surface area contributed by atoms with Gasteiger partial charge in [0.05, 0.1) is 11.4 Å². The molecular weight excluding hydrogens is 416 g/mol. The summed E-state index contributed by atoms with van der Waals surface area (Å²) >= 11 is 1.01. The standard InChI is InChI=1S/C27H22N2O2S/c1-18-15-22(19(2)29(18)23-12-4-3-5-13-23)16-25-26(30)28(27(31)32-25)17-21-11-8-10-20-9-6-7-14-24(20)21/h3-16H,17H2,1-2H3/b25-16+. The monoisotopic (exact) mass is 438 g/mol. The van der Waals surface area contributed by atoms with Gasteiger partial charge in [-0.3, -0.25) is 14.5 Å². The smallest absolute Gasteiger partial charge is 0.293 e. The van der Waals surface area contributed by atoms with Crippen molar-refractivity contribution in [3.8, 4) is 5.69 Å². The van der Waals surface area contributed by atoms with Gasteiger partial charge in [-0.25, -0.2) is 0 Å². The lowest BCUT2D eigenvalue weighted by molar-refractivity contribution is -0.123. The fraction of sp³-hybridized carbons (Fsp3) is 0.111. The Morgan fingerprint density at radius 3 is 2.41 bits per heavy atom. The SMILES string of the molecule is Cc1cc(/C=C2/SC(=O)N(Cc3cccc4ccccc34)C2=O)c(C)n1-c1ccccc1. The minimum Gasteiger partial charge on any atom is -0.318 e. The second kappa shape index (κ2) is 8.17. The zero-order valence-corrected chi connectivity index (χ0v) is 18.7. The van der Waals surface area contributed by atoms with Crippen LogP contribution in [0.3, 0.4) is 0 Å². The molecule has 5 rings (SSSR count). The molecule has 0 spiro atoms. The summed E-state index contributed by atoms with van der Waals surface area (Å²) < 4.78 is 2.16. The van der Waals surface area contributed by atoms with Crippen molar-refractivity contribution in [2.75, 3.05) is 0 Å². The number of hydrogen-bond acceptors (Lipinski definition) is 3. The fourth-order valence-corrected chi connectivity index (χ4v) is 5.12. The van der Waals surface area contributed by atoms with Crippen LogP contribution in [0.2, 0.25) is 0 Å². The predicted octanol–water partition coefficient (Wildman–Crippen LogP) is 6.48. The summed E-state index contributed by atoms with van der Waals surface area (Å²) in [7, 11) is 0. The van der Waals surface area contributed by atoms with Crippen LogP contribution >= 0.6 is 11.8 Å². The van der Waals surface area contributed by atoms with Crippen molar-refractivity contribution >= 4 is 39.8 Å². The first-order chi connectivity index (χ1) is 15.5. The average Bonchev–Trinajstić information content (AvgIpc) is 3.23. The molecule has 4 aromatic rings. The molecular formula is C27H22N2O2S. The molecule has 0 N–H and O–H groups in total. The predicted molar refractivity (Wildman–Crippen MR) is 131 cm³/mol. The van der Waals surface area contributed by atoms with E-state index < -0.39 is 0 Å².